The van der Waals surface area contributed by atoms with E-state index in [-0.39, 0.29) is 16.5 Å². The molecule has 2 rings (SSSR count). The molecule has 1 aliphatic rings. The molecule has 7 nitrogen and oxygen atoms in total. The molecule has 0 radical (unpaired) electrons. The normalized spacial score (nSPS) is 14.8. The number of hydrogen-bond acceptors (Lipinski definition) is 6. The lowest BCUT2D eigenvalue weighted by Gasteiger charge is -2.35. The standard InChI is InChI=1S/C11H10ClN3O4/c1-19-9-6-13-14(11(16)10(9)12)7-2-4-8(5-3-7)15(17)18/h2-6,13,16H,1H3/p-1. The first kappa shape index (κ1) is 13.0. The lowest BCUT2D eigenvalue weighted by atomic mass is 10.2. The van der Waals surface area contributed by atoms with Crippen LogP contribution in [-0.4, -0.2) is 12.0 Å². The average Bonchev–Trinajstić information content (AvgIpc) is 2.42. The second kappa shape index (κ2) is 5.07. The minimum Gasteiger partial charge on any atom is -0.857 e. The van der Waals surface area contributed by atoms with Gasteiger partial charge in [0.15, 0.2) is 5.76 Å². The highest BCUT2D eigenvalue weighted by Crippen LogP contribution is 2.27. The number of allylic oxidation sites excluding steroid dienone is 1. The first-order chi connectivity index (χ1) is 9.04. The van der Waals surface area contributed by atoms with Crippen LogP contribution in [-0.2, 0) is 4.74 Å². The summed E-state index contributed by atoms with van der Waals surface area (Å²) in [6.07, 6.45) is 1.42. The molecule has 0 bridgehead atoms. The van der Waals surface area contributed by atoms with E-state index in [1.807, 2.05) is 0 Å². The van der Waals surface area contributed by atoms with Gasteiger partial charge in [-0.15, -0.1) is 0 Å². The largest absolute Gasteiger partial charge is 0.857 e. The summed E-state index contributed by atoms with van der Waals surface area (Å²) in [5, 5.41) is 23.6. The van der Waals surface area contributed by atoms with E-state index >= 15 is 0 Å². The van der Waals surface area contributed by atoms with Gasteiger partial charge in [-0.2, -0.15) is 0 Å². The summed E-state index contributed by atoms with van der Waals surface area (Å²) in [6.45, 7) is 0. The van der Waals surface area contributed by atoms with Crippen LogP contribution in [0.4, 0.5) is 11.4 Å². The number of nitro groups is 1. The second-order valence-electron chi connectivity index (χ2n) is 3.57. The molecule has 0 saturated heterocycles. The quantitative estimate of drug-likeness (QED) is 0.661. The lowest BCUT2D eigenvalue weighted by Crippen LogP contribution is -2.42. The molecule has 1 heterocycles. The molecule has 1 aliphatic heterocycles. The molecule has 0 amide bonds. The SMILES string of the molecule is COC1=CNN(c2ccc([N+](=O)[O-])cc2)C([O-])=C1Cl. The van der Waals surface area contributed by atoms with Gasteiger partial charge in [0.2, 0.25) is 0 Å². The molecule has 0 fully saturated rings. The van der Waals surface area contributed by atoms with Crippen molar-refractivity contribution in [2.45, 2.75) is 0 Å². The van der Waals surface area contributed by atoms with E-state index < -0.39 is 10.8 Å². The van der Waals surface area contributed by atoms with E-state index in [0.29, 0.717) is 5.69 Å². The number of nitro benzene ring substituents is 1. The Balaban J connectivity index is 2.29. The monoisotopic (exact) mass is 282 g/mol. The number of non-ortho nitro benzene ring substituents is 1. The van der Waals surface area contributed by atoms with Crippen molar-refractivity contribution in [3.05, 3.63) is 57.3 Å². The highest BCUT2D eigenvalue weighted by atomic mass is 35.5. The lowest BCUT2D eigenvalue weighted by molar-refractivity contribution is -0.384. The Morgan fingerprint density at radius 3 is 2.53 bits per heavy atom. The van der Waals surface area contributed by atoms with Crippen LogP contribution in [0.1, 0.15) is 0 Å². The first-order valence-corrected chi connectivity index (χ1v) is 5.54. The third-order valence-corrected chi connectivity index (χ3v) is 2.82. The Morgan fingerprint density at radius 2 is 2.00 bits per heavy atom. The molecule has 100 valence electrons. The number of nitrogens with zero attached hydrogens (tertiary/aromatic N) is 2. The van der Waals surface area contributed by atoms with Crippen LogP contribution in [0.3, 0.4) is 0 Å². The van der Waals surface area contributed by atoms with Gasteiger partial charge in [-0.25, -0.2) is 0 Å². The molecule has 0 spiro atoms. The Bertz CT molecular complexity index is 568. The van der Waals surface area contributed by atoms with Crippen LogP contribution in [0.25, 0.3) is 0 Å². The van der Waals surface area contributed by atoms with Crippen LogP contribution >= 0.6 is 11.6 Å². The third kappa shape index (κ3) is 2.41. The molecular weight excluding hydrogens is 274 g/mol. The molecule has 1 aromatic rings. The fourth-order valence-electron chi connectivity index (χ4n) is 1.51. The van der Waals surface area contributed by atoms with Crippen LogP contribution < -0.4 is 15.5 Å². The van der Waals surface area contributed by atoms with E-state index in [0.717, 1.165) is 5.01 Å². The topological polar surface area (TPSA) is 90.7 Å². The van der Waals surface area contributed by atoms with Crippen molar-refractivity contribution in [2.75, 3.05) is 12.1 Å². The Morgan fingerprint density at radius 1 is 1.37 bits per heavy atom. The van der Waals surface area contributed by atoms with Crippen LogP contribution in [0.5, 0.6) is 0 Å². The number of anilines is 1. The van der Waals surface area contributed by atoms with Crippen LogP contribution in [0, 0.1) is 10.1 Å². The van der Waals surface area contributed by atoms with Crippen molar-refractivity contribution in [3.63, 3.8) is 0 Å². The molecular formula is C11H9ClN3O4-. The predicted molar refractivity (Wildman–Crippen MR) is 66.7 cm³/mol. The van der Waals surface area contributed by atoms with Gasteiger partial charge in [0.25, 0.3) is 5.69 Å². The molecule has 0 aromatic heterocycles. The summed E-state index contributed by atoms with van der Waals surface area (Å²) >= 11 is 5.84. The summed E-state index contributed by atoms with van der Waals surface area (Å²) in [6, 6.07) is 5.49. The summed E-state index contributed by atoms with van der Waals surface area (Å²) in [4.78, 5) is 10.0. The summed E-state index contributed by atoms with van der Waals surface area (Å²) in [5.74, 6) is -0.278. The highest BCUT2D eigenvalue weighted by Gasteiger charge is 2.17. The number of halogens is 1. The maximum absolute atomic E-state index is 12.0. The van der Waals surface area contributed by atoms with E-state index in [4.69, 9.17) is 16.3 Å². The van der Waals surface area contributed by atoms with Gasteiger partial charge in [0.05, 0.1) is 29.0 Å². The van der Waals surface area contributed by atoms with E-state index in [2.05, 4.69) is 5.43 Å². The zero-order valence-corrected chi connectivity index (χ0v) is 10.5. The van der Waals surface area contributed by atoms with Gasteiger partial charge < -0.3 is 9.84 Å². The molecule has 1 aromatic carbocycles. The van der Waals surface area contributed by atoms with Crippen molar-refractivity contribution in [3.8, 4) is 0 Å². The van der Waals surface area contributed by atoms with Crippen LogP contribution in [0.15, 0.2) is 47.1 Å². The fourth-order valence-corrected chi connectivity index (χ4v) is 1.73. The number of hydrazine groups is 1. The summed E-state index contributed by atoms with van der Waals surface area (Å²) < 4.78 is 4.90. The van der Waals surface area contributed by atoms with Crippen LogP contribution in [0.2, 0.25) is 0 Å². The Hall–Kier alpha value is -2.41. The van der Waals surface area contributed by atoms with Gasteiger partial charge in [-0.05, 0) is 12.1 Å². The Kier molecular flexibility index (Phi) is 3.48. The molecule has 1 N–H and O–H groups in total. The van der Waals surface area contributed by atoms with Gasteiger partial charge in [-0.3, -0.25) is 20.5 Å². The van der Waals surface area contributed by atoms with Crippen molar-refractivity contribution in [1.82, 2.24) is 5.43 Å². The van der Waals surface area contributed by atoms with Crippen molar-refractivity contribution in [2.24, 2.45) is 0 Å². The van der Waals surface area contributed by atoms with Gasteiger partial charge in [-0.1, -0.05) is 11.6 Å². The third-order valence-electron chi connectivity index (χ3n) is 2.47. The fraction of sp³-hybridized carbons (Fsp3) is 0.0909. The van der Waals surface area contributed by atoms with E-state index in [1.165, 1.54) is 37.6 Å². The van der Waals surface area contributed by atoms with E-state index in [9.17, 15) is 15.2 Å². The maximum Gasteiger partial charge on any atom is 0.269 e. The number of methoxy groups -OCH3 is 1. The number of rotatable bonds is 3. The van der Waals surface area contributed by atoms with Gasteiger partial charge >= 0.3 is 0 Å². The zero-order chi connectivity index (χ0) is 14.0. The first-order valence-electron chi connectivity index (χ1n) is 5.16. The minimum atomic E-state index is -0.517. The molecule has 19 heavy (non-hydrogen) atoms. The number of hydrogen-bond donors (Lipinski definition) is 1. The molecule has 8 heteroatoms. The maximum atomic E-state index is 12.0. The highest BCUT2D eigenvalue weighted by molar-refractivity contribution is 6.32. The second-order valence-corrected chi connectivity index (χ2v) is 3.95. The summed E-state index contributed by atoms with van der Waals surface area (Å²) in [5.41, 5.74) is 3.06. The predicted octanol–water partition coefficient (Wildman–Crippen LogP) is 1.18. The van der Waals surface area contributed by atoms with Crippen molar-refractivity contribution < 1.29 is 14.8 Å². The Labute approximate surface area is 113 Å². The van der Waals surface area contributed by atoms with Crippen molar-refractivity contribution >= 4 is 23.0 Å². The van der Waals surface area contributed by atoms with Crippen molar-refractivity contribution in [1.29, 1.82) is 0 Å². The molecule has 0 atom stereocenters. The van der Waals surface area contributed by atoms with Gasteiger partial charge in [0.1, 0.15) is 0 Å². The van der Waals surface area contributed by atoms with E-state index in [1.54, 1.807) is 0 Å². The minimum absolute atomic E-state index is 0.0589. The zero-order valence-electron chi connectivity index (χ0n) is 9.79. The molecule has 0 saturated carbocycles. The number of ether oxygens (including phenoxy) is 1. The van der Waals surface area contributed by atoms with Gasteiger partial charge in [0, 0.05) is 18.0 Å². The number of nitrogens with one attached hydrogen (secondary N) is 1. The summed E-state index contributed by atoms with van der Waals surface area (Å²) in [7, 11) is 1.39. The number of benzene rings is 1. The smallest absolute Gasteiger partial charge is 0.269 e. The molecule has 0 aliphatic carbocycles. The average molecular weight is 283 g/mol. The molecule has 0 unspecified atom stereocenters.